The van der Waals surface area contributed by atoms with Gasteiger partial charge in [-0.25, -0.2) is 9.67 Å². The van der Waals surface area contributed by atoms with Gasteiger partial charge in [0.15, 0.2) is 17.0 Å². The predicted molar refractivity (Wildman–Crippen MR) is 125 cm³/mol. The molecule has 10 nitrogen and oxygen atoms in total. The Kier molecular flexibility index (Phi) is 5.23. The van der Waals surface area contributed by atoms with E-state index in [0.29, 0.717) is 25.1 Å². The summed E-state index contributed by atoms with van der Waals surface area (Å²) < 4.78 is 9.40. The van der Waals surface area contributed by atoms with Crippen LogP contribution >= 0.6 is 0 Å². The zero-order chi connectivity index (χ0) is 22.2. The summed E-state index contributed by atoms with van der Waals surface area (Å²) in [6, 6.07) is 6.01. The van der Waals surface area contributed by atoms with Crippen LogP contribution < -0.4 is 10.2 Å². The number of rotatable bonds is 4. The second-order valence-corrected chi connectivity index (χ2v) is 8.58. The summed E-state index contributed by atoms with van der Waals surface area (Å²) in [5.74, 6) is 2.65. The van der Waals surface area contributed by atoms with Crippen LogP contribution in [-0.4, -0.2) is 73.7 Å². The summed E-state index contributed by atoms with van der Waals surface area (Å²) in [4.78, 5) is 21.2. The van der Waals surface area contributed by atoms with Crippen LogP contribution in [0, 0.1) is 0 Å². The fourth-order valence-corrected chi connectivity index (χ4v) is 4.66. The van der Waals surface area contributed by atoms with Gasteiger partial charge in [0.25, 0.3) is 5.95 Å². The van der Waals surface area contributed by atoms with E-state index in [9.17, 15) is 0 Å². The Labute approximate surface area is 191 Å². The molecule has 10 heteroatoms. The molecule has 0 aliphatic carbocycles. The average molecular weight is 446 g/mol. The molecule has 0 saturated carbocycles. The van der Waals surface area contributed by atoms with Gasteiger partial charge in [0, 0.05) is 56.8 Å². The molecule has 2 fully saturated rings. The molecule has 6 heterocycles. The standard InChI is InChI=1S/C23H27N9O/c1-30-20(16-4-8-24-9-5-16)26-19-21(30)27-23(28-22(19)31-11-13-33-14-12-31)32-10-6-18(29-32)17-3-2-7-25-15-17/h4-6,8-10,17,25H,2-3,7,11-15H2,1H3. The highest BCUT2D eigenvalue weighted by atomic mass is 16.5. The summed E-state index contributed by atoms with van der Waals surface area (Å²) in [7, 11) is 1.99. The van der Waals surface area contributed by atoms with Gasteiger partial charge in [0.05, 0.1) is 18.9 Å². The Morgan fingerprint density at radius 1 is 1.06 bits per heavy atom. The first-order chi connectivity index (χ1) is 16.3. The Morgan fingerprint density at radius 3 is 2.70 bits per heavy atom. The number of nitrogens with one attached hydrogen (secondary N) is 1. The van der Waals surface area contributed by atoms with Gasteiger partial charge < -0.3 is 19.5 Å². The molecule has 1 unspecified atom stereocenters. The van der Waals surface area contributed by atoms with E-state index in [0.717, 1.165) is 66.7 Å². The van der Waals surface area contributed by atoms with Crippen LogP contribution in [-0.2, 0) is 11.8 Å². The minimum absolute atomic E-state index is 0.428. The van der Waals surface area contributed by atoms with Crippen molar-refractivity contribution in [3.8, 4) is 17.3 Å². The van der Waals surface area contributed by atoms with Gasteiger partial charge in [0.2, 0.25) is 0 Å². The normalized spacial score (nSPS) is 19.3. The van der Waals surface area contributed by atoms with Gasteiger partial charge in [-0.2, -0.15) is 15.1 Å². The van der Waals surface area contributed by atoms with Crippen LogP contribution in [0.4, 0.5) is 5.82 Å². The number of ether oxygens (including phenoxy) is 1. The summed E-state index contributed by atoms with van der Waals surface area (Å²) in [5, 5.41) is 8.33. The maximum Gasteiger partial charge on any atom is 0.254 e. The molecule has 6 rings (SSSR count). The Morgan fingerprint density at radius 2 is 1.91 bits per heavy atom. The van der Waals surface area contributed by atoms with Crippen LogP contribution in [0.5, 0.6) is 0 Å². The molecule has 4 aromatic heterocycles. The number of nitrogens with zero attached hydrogens (tertiary/aromatic N) is 8. The third kappa shape index (κ3) is 3.75. The number of pyridine rings is 1. The van der Waals surface area contributed by atoms with Crippen molar-refractivity contribution in [2.75, 3.05) is 44.3 Å². The smallest absolute Gasteiger partial charge is 0.254 e. The first kappa shape index (κ1) is 20.3. The fourth-order valence-electron chi connectivity index (χ4n) is 4.66. The topological polar surface area (TPSA) is 98.8 Å². The number of hydrogen-bond acceptors (Lipinski definition) is 8. The van der Waals surface area contributed by atoms with Crippen LogP contribution in [0.2, 0.25) is 0 Å². The molecule has 0 spiro atoms. The van der Waals surface area contributed by atoms with Crippen LogP contribution in [0.3, 0.4) is 0 Å². The van der Waals surface area contributed by atoms with E-state index in [1.165, 1.54) is 6.42 Å². The van der Waals surface area contributed by atoms with Crippen LogP contribution in [0.15, 0.2) is 36.8 Å². The van der Waals surface area contributed by atoms with Crippen molar-refractivity contribution in [1.82, 2.24) is 39.6 Å². The lowest BCUT2D eigenvalue weighted by atomic mass is 9.97. The summed E-state index contributed by atoms with van der Waals surface area (Å²) in [5.41, 5.74) is 3.65. The van der Waals surface area contributed by atoms with Gasteiger partial charge in [-0.05, 0) is 37.6 Å². The van der Waals surface area contributed by atoms with E-state index in [-0.39, 0.29) is 0 Å². The van der Waals surface area contributed by atoms with Crippen LogP contribution in [0.1, 0.15) is 24.5 Å². The van der Waals surface area contributed by atoms with Crippen molar-refractivity contribution in [1.29, 1.82) is 0 Å². The molecular formula is C23H27N9O. The zero-order valence-electron chi connectivity index (χ0n) is 18.7. The average Bonchev–Trinajstić information content (AvgIpc) is 3.51. The zero-order valence-corrected chi connectivity index (χ0v) is 18.7. The Balaban J connectivity index is 1.47. The molecule has 4 aromatic rings. The van der Waals surface area contributed by atoms with E-state index < -0.39 is 0 Å². The molecule has 1 atom stereocenters. The van der Waals surface area contributed by atoms with Crippen molar-refractivity contribution >= 4 is 17.0 Å². The van der Waals surface area contributed by atoms with Crippen LogP contribution in [0.25, 0.3) is 28.5 Å². The molecule has 170 valence electrons. The highest BCUT2D eigenvalue weighted by Crippen LogP contribution is 2.30. The van der Waals surface area contributed by atoms with Gasteiger partial charge >= 0.3 is 0 Å². The van der Waals surface area contributed by atoms with E-state index >= 15 is 0 Å². The monoisotopic (exact) mass is 445 g/mol. The minimum Gasteiger partial charge on any atom is -0.378 e. The highest BCUT2D eigenvalue weighted by Gasteiger charge is 2.24. The molecule has 1 N–H and O–H groups in total. The molecule has 0 radical (unpaired) electrons. The van der Waals surface area contributed by atoms with Crippen molar-refractivity contribution in [2.45, 2.75) is 18.8 Å². The molecule has 2 saturated heterocycles. The first-order valence-electron chi connectivity index (χ1n) is 11.5. The maximum absolute atomic E-state index is 5.58. The second-order valence-electron chi connectivity index (χ2n) is 8.58. The third-order valence-corrected chi connectivity index (χ3v) is 6.47. The number of fused-ring (bicyclic) bond motifs is 1. The highest BCUT2D eigenvalue weighted by molar-refractivity contribution is 5.87. The van der Waals surface area contributed by atoms with E-state index in [1.54, 1.807) is 17.1 Å². The SMILES string of the molecule is Cn1c(-c2ccncc2)nc2c(N3CCOCC3)nc(-n3ccc(C4CCCNC4)n3)nc21. The Hall–Kier alpha value is -3.37. The molecular weight excluding hydrogens is 418 g/mol. The number of aryl methyl sites for hydroxylation is 1. The molecule has 0 amide bonds. The quantitative estimate of drug-likeness (QED) is 0.509. The third-order valence-electron chi connectivity index (χ3n) is 6.47. The fraction of sp³-hybridized carbons (Fsp3) is 0.435. The van der Waals surface area contributed by atoms with Crippen molar-refractivity contribution < 1.29 is 4.74 Å². The van der Waals surface area contributed by atoms with Crippen molar-refractivity contribution in [3.05, 3.63) is 42.5 Å². The van der Waals surface area contributed by atoms with E-state index in [1.807, 2.05) is 29.9 Å². The van der Waals surface area contributed by atoms with Crippen molar-refractivity contribution in [2.24, 2.45) is 7.05 Å². The molecule has 2 aliphatic heterocycles. The molecule has 33 heavy (non-hydrogen) atoms. The molecule has 2 aliphatic rings. The number of morpholine rings is 1. The van der Waals surface area contributed by atoms with Crippen molar-refractivity contribution in [3.63, 3.8) is 0 Å². The Bertz CT molecular complexity index is 1250. The van der Waals surface area contributed by atoms with E-state index in [4.69, 9.17) is 24.8 Å². The summed E-state index contributed by atoms with van der Waals surface area (Å²) in [6.45, 7) is 4.93. The number of aromatic nitrogens is 7. The number of imidazole rings is 1. The first-order valence-corrected chi connectivity index (χ1v) is 11.5. The van der Waals surface area contributed by atoms with Gasteiger partial charge in [-0.3, -0.25) is 4.98 Å². The van der Waals surface area contributed by atoms with Gasteiger partial charge in [0.1, 0.15) is 5.82 Å². The molecule has 0 aromatic carbocycles. The largest absolute Gasteiger partial charge is 0.378 e. The van der Waals surface area contributed by atoms with Gasteiger partial charge in [-0.15, -0.1) is 0 Å². The number of anilines is 1. The lowest BCUT2D eigenvalue weighted by molar-refractivity contribution is 0.122. The summed E-state index contributed by atoms with van der Waals surface area (Å²) in [6.07, 6.45) is 7.85. The number of hydrogen-bond donors (Lipinski definition) is 1. The maximum atomic E-state index is 5.58. The summed E-state index contributed by atoms with van der Waals surface area (Å²) >= 11 is 0. The number of piperidine rings is 1. The van der Waals surface area contributed by atoms with Gasteiger partial charge in [-0.1, -0.05) is 0 Å². The molecule has 0 bridgehead atoms. The lowest BCUT2D eigenvalue weighted by Crippen LogP contribution is -2.37. The second kappa shape index (κ2) is 8.53. The predicted octanol–water partition coefficient (Wildman–Crippen LogP) is 1.91. The van der Waals surface area contributed by atoms with E-state index in [2.05, 4.69) is 21.3 Å². The minimum atomic E-state index is 0.428. The lowest BCUT2D eigenvalue weighted by Gasteiger charge is -2.28.